The third-order valence-electron chi connectivity index (χ3n) is 16.7. The van der Waals surface area contributed by atoms with Gasteiger partial charge in [0.1, 0.15) is 0 Å². The molecule has 336 valence electrons. The molecule has 0 atom stereocenters. The second kappa shape index (κ2) is 15.5. The number of hydrogen-bond acceptors (Lipinski definition) is 1. The van der Waals surface area contributed by atoms with E-state index in [-0.39, 0.29) is 10.8 Å². The fraction of sp³-hybridized carbons (Fsp3) is 0.130. The SMILES string of the molecule is CC1(C)c2ccccc2-c2cc(N(c3ccc(-c4ccccc4C4(C)c5ccccc5C(c5ccccc5)(c5ccccc5)c5ccccc54)cc3)c3ccc4c(c3)C(C)(C)c3ccccc3-4)ccc21. The number of rotatable bonds is 7. The molecule has 0 amide bonds. The van der Waals surface area contributed by atoms with Crippen molar-refractivity contribution in [2.45, 2.75) is 56.3 Å². The third-order valence-corrected chi connectivity index (χ3v) is 16.7. The van der Waals surface area contributed by atoms with Crippen LogP contribution in [0.25, 0.3) is 33.4 Å². The average Bonchev–Trinajstić information content (AvgIpc) is 3.78. The summed E-state index contributed by atoms with van der Waals surface area (Å²) in [6.07, 6.45) is 0. The van der Waals surface area contributed by atoms with Gasteiger partial charge in [-0.1, -0.05) is 234 Å². The monoisotopic (exact) mass is 897 g/mol. The fourth-order valence-electron chi connectivity index (χ4n) is 13.3. The van der Waals surface area contributed by atoms with Gasteiger partial charge in [0.15, 0.2) is 0 Å². The quantitative estimate of drug-likeness (QED) is 0.154. The maximum Gasteiger partial charge on any atom is 0.0707 e. The van der Waals surface area contributed by atoms with Crippen molar-refractivity contribution >= 4 is 17.1 Å². The average molecular weight is 898 g/mol. The van der Waals surface area contributed by atoms with Crippen LogP contribution in [0.4, 0.5) is 17.1 Å². The summed E-state index contributed by atoms with van der Waals surface area (Å²) in [5.74, 6) is 0. The molecule has 3 aliphatic carbocycles. The van der Waals surface area contributed by atoms with Gasteiger partial charge in [0.25, 0.3) is 0 Å². The van der Waals surface area contributed by atoms with Crippen molar-refractivity contribution in [1.82, 2.24) is 0 Å². The summed E-state index contributed by atoms with van der Waals surface area (Å²) in [5, 5.41) is 0. The molecule has 0 heterocycles. The molecule has 3 aliphatic rings. The van der Waals surface area contributed by atoms with Crippen LogP contribution in [0.5, 0.6) is 0 Å². The smallest absolute Gasteiger partial charge is 0.0707 e. The molecular formula is C69H55N. The first kappa shape index (κ1) is 42.1. The Labute approximate surface area is 413 Å². The van der Waals surface area contributed by atoms with Crippen molar-refractivity contribution in [3.63, 3.8) is 0 Å². The highest BCUT2D eigenvalue weighted by Gasteiger charge is 2.51. The maximum absolute atomic E-state index is 2.48. The maximum atomic E-state index is 2.48. The molecule has 10 aromatic rings. The highest BCUT2D eigenvalue weighted by Crippen LogP contribution is 2.59. The molecule has 10 aromatic carbocycles. The Balaban J connectivity index is 0.974. The second-order valence-electron chi connectivity index (χ2n) is 20.9. The molecule has 0 saturated heterocycles. The minimum atomic E-state index is -0.514. The predicted molar refractivity (Wildman–Crippen MR) is 292 cm³/mol. The number of nitrogens with zero attached hydrogens (tertiary/aromatic N) is 1. The zero-order chi connectivity index (χ0) is 47.4. The lowest BCUT2D eigenvalue weighted by atomic mass is 9.52. The summed E-state index contributed by atoms with van der Waals surface area (Å²) in [6.45, 7) is 11.9. The van der Waals surface area contributed by atoms with Crippen molar-refractivity contribution in [3.8, 4) is 33.4 Å². The van der Waals surface area contributed by atoms with E-state index in [1.807, 2.05) is 0 Å². The minimum Gasteiger partial charge on any atom is -0.310 e. The van der Waals surface area contributed by atoms with E-state index in [0.29, 0.717) is 0 Å². The van der Waals surface area contributed by atoms with E-state index in [1.165, 1.54) is 94.6 Å². The fourth-order valence-corrected chi connectivity index (χ4v) is 13.3. The van der Waals surface area contributed by atoms with Crippen molar-refractivity contribution in [1.29, 1.82) is 0 Å². The van der Waals surface area contributed by atoms with Crippen molar-refractivity contribution in [2.75, 3.05) is 4.90 Å². The van der Waals surface area contributed by atoms with Gasteiger partial charge in [-0.05, 0) is 138 Å². The molecule has 0 N–H and O–H groups in total. The molecule has 0 radical (unpaired) electrons. The number of benzene rings is 10. The Kier molecular flexibility index (Phi) is 9.33. The van der Waals surface area contributed by atoms with Crippen LogP contribution in [-0.4, -0.2) is 0 Å². The first-order valence-corrected chi connectivity index (χ1v) is 24.9. The van der Waals surface area contributed by atoms with Crippen LogP contribution in [0.15, 0.2) is 243 Å². The Hall–Kier alpha value is -8.00. The highest BCUT2D eigenvalue weighted by molar-refractivity contribution is 5.90. The lowest BCUT2D eigenvalue weighted by molar-refractivity contribution is 0.590. The molecule has 13 rings (SSSR count). The van der Waals surface area contributed by atoms with Gasteiger partial charge < -0.3 is 4.90 Å². The van der Waals surface area contributed by atoms with Crippen LogP contribution in [-0.2, 0) is 21.7 Å². The predicted octanol–water partition coefficient (Wildman–Crippen LogP) is 17.5. The molecule has 1 nitrogen and oxygen atoms in total. The molecule has 0 spiro atoms. The summed E-state index contributed by atoms with van der Waals surface area (Å²) in [4.78, 5) is 2.48. The number of hydrogen-bond donors (Lipinski definition) is 0. The van der Waals surface area contributed by atoms with E-state index in [0.717, 1.165) is 17.1 Å². The van der Waals surface area contributed by atoms with Gasteiger partial charge in [0.2, 0.25) is 0 Å². The van der Waals surface area contributed by atoms with E-state index >= 15 is 0 Å². The number of fused-ring (bicyclic) bond motifs is 8. The van der Waals surface area contributed by atoms with Crippen LogP contribution in [0.3, 0.4) is 0 Å². The Morgan fingerprint density at radius 1 is 0.257 bits per heavy atom. The van der Waals surface area contributed by atoms with Crippen molar-refractivity contribution in [2.24, 2.45) is 0 Å². The summed E-state index contributed by atoms with van der Waals surface area (Å²) >= 11 is 0. The van der Waals surface area contributed by atoms with Gasteiger partial charge in [0.05, 0.1) is 5.41 Å². The van der Waals surface area contributed by atoms with Gasteiger partial charge in [-0.2, -0.15) is 0 Å². The lowest BCUT2D eigenvalue weighted by Crippen LogP contribution is -2.43. The summed E-state index contributed by atoms with van der Waals surface area (Å²) in [5.41, 5.74) is 24.5. The van der Waals surface area contributed by atoms with Crippen molar-refractivity contribution < 1.29 is 0 Å². The molecule has 0 fully saturated rings. The third kappa shape index (κ3) is 5.85. The van der Waals surface area contributed by atoms with E-state index < -0.39 is 10.8 Å². The van der Waals surface area contributed by atoms with Crippen LogP contribution in [0, 0.1) is 0 Å². The van der Waals surface area contributed by atoms with Crippen LogP contribution in [0.1, 0.15) is 95.8 Å². The zero-order valence-corrected chi connectivity index (χ0v) is 40.5. The van der Waals surface area contributed by atoms with Crippen LogP contribution in [0.2, 0.25) is 0 Å². The first-order chi connectivity index (χ1) is 34.1. The van der Waals surface area contributed by atoms with E-state index in [4.69, 9.17) is 0 Å². The van der Waals surface area contributed by atoms with E-state index in [2.05, 4.69) is 282 Å². The van der Waals surface area contributed by atoms with Crippen LogP contribution >= 0.6 is 0 Å². The lowest BCUT2D eigenvalue weighted by Gasteiger charge is -2.49. The van der Waals surface area contributed by atoms with E-state index in [1.54, 1.807) is 0 Å². The Morgan fingerprint density at radius 2 is 0.643 bits per heavy atom. The van der Waals surface area contributed by atoms with Gasteiger partial charge in [0, 0.05) is 33.3 Å². The van der Waals surface area contributed by atoms with Gasteiger partial charge >= 0.3 is 0 Å². The molecule has 0 aromatic heterocycles. The van der Waals surface area contributed by atoms with Crippen LogP contribution < -0.4 is 4.90 Å². The van der Waals surface area contributed by atoms with E-state index in [9.17, 15) is 0 Å². The molecule has 1 heteroatoms. The van der Waals surface area contributed by atoms with Gasteiger partial charge in [-0.3, -0.25) is 0 Å². The molecule has 0 unspecified atom stereocenters. The standard InChI is InChI=1S/C69H55N/c1-66(2)58-30-16-14-28-54(58)56-44-50(41-43-59(56)66)70(51-40-42-55-53-27-13-15-29-57(53)67(3,4)65(55)45-51)49-38-36-46(37-39-49)52-26-12-17-31-60(52)68(5)61-32-18-20-34-63(61)69(47-22-8-6-9-23-47,48-24-10-7-11-25-48)64-35-21-19-33-62(64)68/h6-45H,1-5H3. The highest BCUT2D eigenvalue weighted by atomic mass is 15.1. The Morgan fingerprint density at radius 3 is 1.21 bits per heavy atom. The zero-order valence-electron chi connectivity index (χ0n) is 40.5. The molecule has 70 heavy (non-hydrogen) atoms. The molecule has 0 saturated carbocycles. The van der Waals surface area contributed by atoms with Gasteiger partial charge in [-0.15, -0.1) is 0 Å². The topological polar surface area (TPSA) is 3.24 Å². The summed E-state index contributed by atoms with van der Waals surface area (Å²) < 4.78 is 0. The largest absolute Gasteiger partial charge is 0.310 e. The molecule has 0 bridgehead atoms. The van der Waals surface area contributed by atoms with Crippen molar-refractivity contribution in [3.05, 3.63) is 304 Å². The second-order valence-corrected chi connectivity index (χ2v) is 20.9. The minimum absolute atomic E-state index is 0.0751. The number of anilines is 3. The summed E-state index contributed by atoms with van der Waals surface area (Å²) in [7, 11) is 0. The summed E-state index contributed by atoms with van der Waals surface area (Å²) in [6, 6.07) is 91.4. The van der Waals surface area contributed by atoms with Gasteiger partial charge in [-0.25, -0.2) is 0 Å². The first-order valence-electron chi connectivity index (χ1n) is 24.9. The molecule has 0 aliphatic heterocycles. The molecular weight excluding hydrogens is 843 g/mol. The Bertz CT molecular complexity index is 3580. The normalized spacial score (nSPS) is 15.7.